The fraction of sp³-hybridized carbons (Fsp3) is 1.00. The Balaban J connectivity index is 1.86. The minimum Gasteiger partial charge on any atom is -0.330 e. The van der Waals surface area contributed by atoms with Crippen molar-refractivity contribution in [2.75, 3.05) is 6.54 Å². The normalized spacial score (nSPS) is 70.2. The van der Waals surface area contributed by atoms with Gasteiger partial charge in [-0.25, -0.2) is 0 Å². The Morgan fingerprint density at radius 2 is 2.00 bits per heavy atom. The average Bonchev–Trinajstić information content (AvgIpc) is 2.49. The van der Waals surface area contributed by atoms with E-state index in [0.29, 0.717) is 5.41 Å². The van der Waals surface area contributed by atoms with Crippen LogP contribution < -0.4 is 5.73 Å². The van der Waals surface area contributed by atoms with E-state index in [-0.39, 0.29) is 0 Å². The molecule has 0 heterocycles. The average molecular weight is 163 g/mol. The van der Waals surface area contributed by atoms with E-state index >= 15 is 0 Å². The summed E-state index contributed by atoms with van der Waals surface area (Å²) in [6, 6.07) is 0. The molecule has 0 saturated heterocycles. The van der Waals surface area contributed by atoms with Crippen LogP contribution in [0.4, 0.5) is 0 Å². The molecule has 2 N–H and O–H groups in total. The number of hydrogen-bond donors (Lipinski definition) is 1. The first-order valence-corrected chi connectivity index (χ1v) is 5.51. The maximum absolute atomic E-state index is 5.97. The molecule has 4 fully saturated rings. The molecule has 4 saturated carbocycles. The van der Waals surface area contributed by atoms with Gasteiger partial charge in [0.05, 0.1) is 0 Å². The number of fused-ring (bicyclic) bond motifs is 1. The molecular weight excluding hydrogens is 146 g/mol. The van der Waals surface area contributed by atoms with Crippen LogP contribution in [0.1, 0.15) is 32.1 Å². The van der Waals surface area contributed by atoms with Gasteiger partial charge in [0, 0.05) is 0 Å². The van der Waals surface area contributed by atoms with Gasteiger partial charge >= 0.3 is 0 Å². The Labute approximate surface area is 73.7 Å². The molecule has 4 aliphatic carbocycles. The van der Waals surface area contributed by atoms with E-state index in [1.165, 1.54) is 12.8 Å². The zero-order valence-corrected chi connectivity index (χ0v) is 7.55. The molecule has 4 aliphatic rings. The number of rotatable bonds is 1. The minimum absolute atomic E-state index is 0.670. The van der Waals surface area contributed by atoms with Crippen LogP contribution in [0.2, 0.25) is 0 Å². The van der Waals surface area contributed by atoms with E-state index < -0.39 is 0 Å². The largest absolute Gasteiger partial charge is 0.330 e. The van der Waals surface area contributed by atoms with Crippen molar-refractivity contribution >= 4 is 0 Å². The summed E-state index contributed by atoms with van der Waals surface area (Å²) in [6.45, 7) is 0.997. The maximum Gasteiger partial charge on any atom is -0.00148 e. The molecule has 0 aliphatic heterocycles. The zero-order valence-electron chi connectivity index (χ0n) is 7.55. The highest BCUT2D eigenvalue weighted by Crippen LogP contribution is 2.86. The lowest BCUT2D eigenvalue weighted by Crippen LogP contribution is -2.68. The van der Waals surface area contributed by atoms with E-state index in [0.717, 1.165) is 29.7 Å². The van der Waals surface area contributed by atoms with Crippen LogP contribution >= 0.6 is 0 Å². The Morgan fingerprint density at radius 3 is 2.58 bits per heavy atom. The molecule has 2 bridgehead atoms. The summed E-state index contributed by atoms with van der Waals surface area (Å²) in [5.74, 6) is 3.34. The molecule has 1 nitrogen and oxygen atoms in total. The Hall–Kier alpha value is -0.0400. The highest BCUT2D eigenvalue weighted by atomic mass is 14.9. The first-order valence-electron chi connectivity index (χ1n) is 5.51. The van der Waals surface area contributed by atoms with Crippen molar-refractivity contribution in [1.82, 2.24) is 0 Å². The summed E-state index contributed by atoms with van der Waals surface area (Å²) >= 11 is 0. The van der Waals surface area contributed by atoms with Gasteiger partial charge in [0.25, 0.3) is 0 Å². The predicted molar refractivity (Wildman–Crippen MR) is 47.5 cm³/mol. The summed E-state index contributed by atoms with van der Waals surface area (Å²) in [4.78, 5) is 0. The van der Waals surface area contributed by atoms with Gasteiger partial charge in [0.2, 0.25) is 0 Å². The van der Waals surface area contributed by atoms with Crippen LogP contribution in [0.5, 0.6) is 0 Å². The van der Waals surface area contributed by atoms with Crippen LogP contribution in [0.15, 0.2) is 0 Å². The fourth-order valence-electron chi connectivity index (χ4n) is 5.76. The van der Waals surface area contributed by atoms with Crippen molar-refractivity contribution in [1.29, 1.82) is 0 Å². The summed E-state index contributed by atoms with van der Waals surface area (Å²) in [5.41, 5.74) is 7.47. The molecule has 0 aromatic heterocycles. The summed E-state index contributed by atoms with van der Waals surface area (Å²) in [7, 11) is 0. The third-order valence-electron chi connectivity index (χ3n) is 5.96. The lowest BCUT2D eigenvalue weighted by molar-refractivity contribution is -0.238. The minimum atomic E-state index is 0.670. The number of hydrogen-bond acceptors (Lipinski definition) is 1. The molecule has 0 radical (unpaired) electrons. The molecule has 0 aromatic rings. The van der Waals surface area contributed by atoms with Crippen molar-refractivity contribution in [3.05, 3.63) is 0 Å². The topological polar surface area (TPSA) is 26.0 Å². The lowest BCUT2D eigenvalue weighted by atomic mass is 9.32. The van der Waals surface area contributed by atoms with Crippen LogP contribution in [0.3, 0.4) is 0 Å². The maximum atomic E-state index is 5.97. The molecular formula is C11H17N. The SMILES string of the molecule is NCC12CC3CC4CC(C1)C42C3. The molecule has 1 heteroatoms. The standard InChI is InChI=1S/C11H17N/c12-6-10-3-7-1-8-2-9(5-10)11(8,10)4-7/h7-9H,1-6,12H2. The van der Waals surface area contributed by atoms with E-state index in [4.69, 9.17) is 5.73 Å². The summed E-state index contributed by atoms with van der Waals surface area (Å²) < 4.78 is 0. The number of nitrogens with two attached hydrogens (primary N) is 1. The molecule has 1 spiro atoms. The van der Waals surface area contributed by atoms with E-state index in [9.17, 15) is 0 Å². The van der Waals surface area contributed by atoms with Gasteiger partial charge in [0.1, 0.15) is 0 Å². The summed E-state index contributed by atoms with van der Waals surface area (Å²) in [6.07, 6.45) is 7.70. The molecule has 0 amide bonds. The quantitative estimate of drug-likeness (QED) is 0.626. The molecule has 12 heavy (non-hydrogen) atoms. The van der Waals surface area contributed by atoms with Crippen molar-refractivity contribution in [2.45, 2.75) is 32.1 Å². The second-order valence-electron chi connectivity index (χ2n) is 5.87. The van der Waals surface area contributed by atoms with E-state index in [2.05, 4.69) is 0 Å². The first-order chi connectivity index (χ1) is 5.81. The van der Waals surface area contributed by atoms with Crippen LogP contribution in [0.25, 0.3) is 0 Å². The zero-order chi connectivity index (χ0) is 7.97. The van der Waals surface area contributed by atoms with Gasteiger partial charge in [0.15, 0.2) is 0 Å². The van der Waals surface area contributed by atoms with Gasteiger partial charge in [-0.1, -0.05) is 0 Å². The Bertz CT molecular complexity index is 260. The molecule has 5 atom stereocenters. The monoisotopic (exact) mass is 163 g/mol. The van der Waals surface area contributed by atoms with Gasteiger partial charge in [-0.05, 0) is 67.2 Å². The van der Waals surface area contributed by atoms with Crippen molar-refractivity contribution < 1.29 is 0 Å². The van der Waals surface area contributed by atoms with Crippen molar-refractivity contribution in [3.63, 3.8) is 0 Å². The lowest BCUT2D eigenvalue weighted by Gasteiger charge is -2.73. The van der Waals surface area contributed by atoms with Crippen molar-refractivity contribution in [2.24, 2.45) is 34.3 Å². The van der Waals surface area contributed by atoms with Crippen LogP contribution in [0, 0.1) is 28.6 Å². The first kappa shape index (κ1) is 6.42. The van der Waals surface area contributed by atoms with E-state index in [1.807, 2.05) is 0 Å². The van der Waals surface area contributed by atoms with Gasteiger partial charge in [-0.2, -0.15) is 0 Å². The predicted octanol–water partition coefficient (Wildman–Crippen LogP) is 1.77. The Morgan fingerprint density at radius 1 is 1.08 bits per heavy atom. The summed E-state index contributed by atoms with van der Waals surface area (Å²) in [5, 5.41) is 0. The van der Waals surface area contributed by atoms with Gasteiger partial charge in [-0.15, -0.1) is 0 Å². The third-order valence-corrected chi connectivity index (χ3v) is 5.96. The van der Waals surface area contributed by atoms with E-state index in [1.54, 1.807) is 19.3 Å². The molecule has 66 valence electrons. The Kier molecular flexibility index (Phi) is 0.800. The third kappa shape index (κ3) is 0.363. The molecule has 4 rings (SSSR count). The fourth-order valence-corrected chi connectivity index (χ4v) is 5.76. The van der Waals surface area contributed by atoms with Crippen LogP contribution in [-0.4, -0.2) is 6.54 Å². The highest BCUT2D eigenvalue weighted by Gasteiger charge is 2.79. The van der Waals surface area contributed by atoms with Gasteiger partial charge in [-0.3, -0.25) is 0 Å². The highest BCUT2D eigenvalue weighted by molar-refractivity contribution is 5.28. The van der Waals surface area contributed by atoms with Gasteiger partial charge < -0.3 is 5.73 Å². The van der Waals surface area contributed by atoms with Crippen molar-refractivity contribution in [3.8, 4) is 0 Å². The van der Waals surface area contributed by atoms with Crippen LogP contribution in [-0.2, 0) is 0 Å². The molecule has 0 aromatic carbocycles. The second-order valence-corrected chi connectivity index (χ2v) is 5.87. The molecule has 5 unspecified atom stereocenters. The smallest absolute Gasteiger partial charge is 0.00148 e. The second kappa shape index (κ2) is 1.50.